The van der Waals surface area contributed by atoms with E-state index in [1.807, 2.05) is 12.1 Å². The van der Waals surface area contributed by atoms with Crippen molar-refractivity contribution in [3.05, 3.63) is 30.2 Å². The third-order valence-electron chi connectivity index (χ3n) is 1.95. The van der Waals surface area contributed by atoms with Crippen LogP contribution in [0.25, 0.3) is 5.65 Å². The predicted molar refractivity (Wildman–Crippen MR) is 47.7 cm³/mol. The van der Waals surface area contributed by atoms with Crippen LogP contribution in [0.1, 0.15) is 5.69 Å². The van der Waals surface area contributed by atoms with E-state index in [2.05, 4.69) is 4.98 Å². The maximum Gasteiger partial charge on any atom is 0.137 e. The Balaban J connectivity index is 2.64. The molecular formula is C9H10N2O2. The van der Waals surface area contributed by atoms with E-state index in [9.17, 15) is 0 Å². The van der Waals surface area contributed by atoms with Gasteiger partial charge in [-0.25, -0.2) is 4.98 Å². The second-order valence-electron chi connectivity index (χ2n) is 2.70. The fourth-order valence-corrected chi connectivity index (χ4v) is 1.25. The van der Waals surface area contributed by atoms with Gasteiger partial charge in [0.05, 0.1) is 31.8 Å². The smallest absolute Gasteiger partial charge is 0.137 e. The summed E-state index contributed by atoms with van der Waals surface area (Å²) in [4.78, 5) is 4.11. The second kappa shape index (κ2) is 3.06. The van der Waals surface area contributed by atoms with E-state index in [1.165, 1.54) is 0 Å². The normalized spacial score (nSPS) is 10.6. The van der Waals surface area contributed by atoms with Crippen LogP contribution in [0, 0.1) is 0 Å². The summed E-state index contributed by atoms with van der Waals surface area (Å²) in [6.45, 7) is -0.0195. The average molecular weight is 178 g/mol. The molecular weight excluding hydrogens is 168 g/mol. The minimum atomic E-state index is -0.0195. The minimum absolute atomic E-state index is 0.0195. The molecule has 0 aromatic carbocycles. The number of imidazole rings is 1. The molecule has 2 heterocycles. The number of fused-ring (bicyclic) bond motifs is 1. The molecule has 1 N–H and O–H groups in total. The maximum absolute atomic E-state index is 8.99. The molecule has 0 atom stereocenters. The number of hydrogen-bond acceptors (Lipinski definition) is 3. The molecule has 68 valence electrons. The van der Waals surface area contributed by atoms with Crippen molar-refractivity contribution in [2.75, 3.05) is 7.11 Å². The molecule has 13 heavy (non-hydrogen) atoms. The number of aliphatic hydroxyl groups excluding tert-OH is 1. The van der Waals surface area contributed by atoms with Crippen molar-refractivity contribution in [1.82, 2.24) is 9.38 Å². The van der Waals surface area contributed by atoms with Gasteiger partial charge < -0.3 is 9.84 Å². The van der Waals surface area contributed by atoms with Crippen LogP contribution in [-0.2, 0) is 6.61 Å². The number of nitrogens with zero attached hydrogens (tertiary/aromatic N) is 2. The summed E-state index contributed by atoms with van der Waals surface area (Å²) in [7, 11) is 1.61. The number of ether oxygens (including phenoxy) is 1. The average Bonchev–Trinajstić information content (AvgIpc) is 2.59. The van der Waals surface area contributed by atoms with Crippen LogP contribution in [0.2, 0.25) is 0 Å². The summed E-state index contributed by atoms with van der Waals surface area (Å²) in [6, 6.07) is 3.68. The summed E-state index contributed by atoms with van der Waals surface area (Å²) in [5.41, 5.74) is 1.57. The molecule has 0 radical (unpaired) electrons. The van der Waals surface area contributed by atoms with Crippen molar-refractivity contribution < 1.29 is 9.84 Å². The lowest BCUT2D eigenvalue weighted by Gasteiger charge is -2.01. The van der Waals surface area contributed by atoms with Crippen LogP contribution in [0.5, 0.6) is 5.75 Å². The Morgan fingerprint density at radius 3 is 3.08 bits per heavy atom. The van der Waals surface area contributed by atoms with E-state index >= 15 is 0 Å². The van der Waals surface area contributed by atoms with Gasteiger partial charge in [0, 0.05) is 0 Å². The van der Waals surface area contributed by atoms with Gasteiger partial charge in [0.25, 0.3) is 0 Å². The van der Waals surface area contributed by atoms with E-state index < -0.39 is 0 Å². The summed E-state index contributed by atoms with van der Waals surface area (Å²) in [5.74, 6) is 0.750. The lowest BCUT2D eigenvalue weighted by atomic mass is 10.4. The number of hydrogen-bond donors (Lipinski definition) is 1. The number of pyridine rings is 1. The van der Waals surface area contributed by atoms with Crippen LogP contribution in [-0.4, -0.2) is 21.6 Å². The molecule has 2 aromatic rings. The van der Waals surface area contributed by atoms with Crippen molar-refractivity contribution in [1.29, 1.82) is 0 Å². The van der Waals surface area contributed by atoms with Gasteiger partial charge in [0.1, 0.15) is 11.4 Å². The fraction of sp³-hybridized carbons (Fsp3) is 0.222. The summed E-state index contributed by atoms with van der Waals surface area (Å²) in [5, 5.41) is 8.99. The molecule has 2 aromatic heterocycles. The Labute approximate surface area is 75.4 Å². The first-order chi connectivity index (χ1) is 6.35. The molecule has 0 saturated carbocycles. The van der Waals surface area contributed by atoms with Crippen LogP contribution < -0.4 is 4.74 Å². The summed E-state index contributed by atoms with van der Waals surface area (Å²) >= 11 is 0. The van der Waals surface area contributed by atoms with E-state index in [1.54, 1.807) is 23.9 Å². The van der Waals surface area contributed by atoms with E-state index in [0.717, 1.165) is 17.1 Å². The molecule has 0 saturated heterocycles. The predicted octanol–water partition coefficient (Wildman–Crippen LogP) is 0.835. The van der Waals surface area contributed by atoms with Crippen molar-refractivity contribution in [3.63, 3.8) is 0 Å². The molecule has 0 bridgehead atoms. The van der Waals surface area contributed by atoms with Crippen molar-refractivity contribution in [2.24, 2.45) is 0 Å². The quantitative estimate of drug-likeness (QED) is 0.741. The van der Waals surface area contributed by atoms with E-state index in [-0.39, 0.29) is 6.61 Å². The molecule has 4 nitrogen and oxygen atoms in total. The second-order valence-corrected chi connectivity index (χ2v) is 2.70. The molecule has 0 amide bonds. The Morgan fingerprint density at radius 1 is 1.54 bits per heavy atom. The van der Waals surface area contributed by atoms with Crippen LogP contribution in [0.3, 0.4) is 0 Å². The van der Waals surface area contributed by atoms with Crippen molar-refractivity contribution in [3.8, 4) is 5.75 Å². The number of methoxy groups -OCH3 is 1. The fourth-order valence-electron chi connectivity index (χ4n) is 1.25. The molecule has 0 aliphatic heterocycles. The van der Waals surface area contributed by atoms with Gasteiger partial charge in [-0.05, 0) is 12.1 Å². The Morgan fingerprint density at radius 2 is 2.38 bits per heavy atom. The lowest BCUT2D eigenvalue weighted by molar-refractivity contribution is 0.275. The van der Waals surface area contributed by atoms with Crippen molar-refractivity contribution in [2.45, 2.75) is 6.61 Å². The summed E-state index contributed by atoms with van der Waals surface area (Å²) in [6.07, 6.45) is 3.45. The topological polar surface area (TPSA) is 46.8 Å². The molecule has 0 unspecified atom stereocenters. The highest BCUT2D eigenvalue weighted by Crippen LogP contribution is 2.13. The molecule has 0 aliphatic rings. The first-order valence-corrected chi connectivity index (χ1v) is 3.96. The van der Waals surface area contributed by atoms with E-state index in [0.29, 0.717) is 0 Å². The third-order valence-corrected chi connectivity index (χ3v) is 1.95. The van der Waals surface area contributed by atoms with Gasteiger partial charge in [-0.2, -0.15) is 0 Å². The summed E-state index contributed by atoms with van der Waals surface area (Å²) < 4.78 is 6.87. The highest BCUT2D eigenvalue weighted by molar-refractivity contribution is 5.43. The highest BCUT2D eigenvalue weighted by atomic mass is 16.5. The zero-order valence-corrected chi connectivity index (χ0v) is 7.27. The van der Waals surface area contributed by atoms with E-state index in [4.69, 9.17) is 9.84 Å². The first-order valence-electron chi connectivity index (χ1n) is 3.96. The number of rotatable bonds is 2. The molecule has 0 aliphatic carbocycles. The molecule has 0 fully saturated rings. The zero-order chi connectivity index (χ0) is 9.26. The standard InChI is InChI=1S/C9H10N2O2/c1-13-8-2-3-9-10-4-7(6-12)11(9)5-8/h2-5,12H,6H2,1H3. The number of aromatic nitrogens is 2. The molecule has 2 rings (SSSR count). The maximum atomic E-state index is 8.99. The van der Waals surface area contributed by atoms with Gasteiger partial charge >= 0.3 is 0 Å². The van der Waals surface area contributed by atoms with Gasteiger partial charge in [0.15, 0.2) is 0 Å². The monoisotopic (exact) mass is 178 g/mol. The molecule has 0 spiro atoms. The Hall–Kier alpha value is -1.55. The lowest BCUT2D eigenvalue weighted by Crippen LogP contribution is -1.93. The number of aliphatic hydroxyl groups is 1. The van der Waals surface area contributed by atoms with Crippen LogP contribution in [0.4, 0.5) is 0 Å². The first kappa shape index (κ1) is 8.07. The van der Waals surface area contributed by atoms with Gasteiger partial charge in [0.2, 0.25) is 0 Å². The SMILES string of the molecule is COc1ccc2ncc(CO)n2c1. The highest BCUT2D eigenvalue weighted by Gasteiger charge is 2.02. The molecule has 4 heteroatoms. The van der Waals surface area contributed by atoms with Crippen molar-refractivity contribution >= 4 is 5.65 Å². The Kier molecular flexibility index (Phi) is 1.90. The minimum Gasteiger partial charge on any atom is -0.495 e. The largest absolute Gasteiger partial charge is 0.495 e. The van der Waals surface area contributed by atoms with Crippen LogP contribution in [0.15, 0.2) is 24.5 Å². The zero-order valence-electron chi connectivity index (χ0n) is 7.27. The van der Waals surface area contributed by atoms with Gasteiger partial charge in [-0.1, -0.05) is 0 Å². The third kappa shape index (κ3) is 1.25. The van der Waals surface area contributed by atoms with Crippen LogP contribution >= 0.6 is 0 Å². The van der Waals surface area contributed by atoms with Gasteiger partial charge in [-0.3, -0.25) is 4.40 Å². The Bertz CT molecular complexity index is 422. The van der Waals surface area contributed by atoms with Gasteiger partial charge in [-0.15, -0.1) is 0 Å².